The highest BCUT2D eigenvalue weighted by Gasteiger charge is 2.23. The first-order chi connectivity index (χ1) is 13.5. The number of fused-ring (bicyclic) bond motifs is 1. The third-order valence-corrected chi connectivity index (χ3v) is 5.04. The summed E-state index contributed by atoms with van der Waals surface area (Å²) in [5, 5.41) is 7.14. The molecule has 28 heavy (non-hydrogen) atoms. The van der Waals surface area contributed by atoms with E-state index in [-0.39, 0.29) is 17.9 Å². The van der Waals surface area contributed by atoms with E-state index in [2.05, 4.69) is 15.4 Å². The summed E-state index contributed by atoms with van der Waals surface area (Å²) >= 11 is 0. The summed E-state index contributed by atoms with van der Waals surface area (Å²) in [4.78, 5) is 30.0. The van der Waals surface area contributed by atoms with Crippen LogP contribution in [0.1, 0.15) is 41.4 Å². The van der Waals surface area contributed by atoms with E-state index in [9.17, 15) is 9.59 Å². The lowest BCUT2D eigenvalue weighted by atomic mass is 10.1. The fraction of sp³-hybridized carbons (Fsp3) is 0.238. The Morgan fingerprint density at radius 3 is 2.61 bits per heavy atom. The van der Waals surface area contributed by atoms with Gasteiger partial charge < -0.3 is 10.2 Å². The summed E-state index contributed by atoms with van der Waals surface area (Å²) < 4.78 is 1.68. The molecule has 0 fully saturated rings. The topological polar surface area (TPSA) is 80.1 Å². The van der Waals surface area contributed by atoms with E-state index >= 15 is 0 Å². The van der Waals surface area contributed by atoms with E-state index in [1.807, 2.05) is 43.3 Å². The molecular formula is C21H21N5O2. The number of hydrogen-bond donors (Lipinski definition) is 1. The van der Waals surface area contributed by atoms with Gasteiger partial charge in [0.15, 0.2) is 0 Å². The van der Waals surface area contributed by atoms with Crippen molar-refractivity contribution in [3.63, 3.8) is 0 Å². The molecule has 0 spiro atoms. The summed E-state index contributed by atoms with van der Waals surface area (Å²) in [7, 11) is 0. The minimum absolute atomic E-state index is 0.0268. The zero-order valence-corrected chi connectivity index (χ0v) is 15.8. The Labute approximate surface area is 163 Å². The summed E-state index contributed by atoms with van der Waals surface area (Å²) in [6.07, 6.45) is 3.90. The molecule has 7 heteroatoms. The molecule has 1 aliphatic rings. The lowest BCUT2D eigenvalue weighted by molar-refractivity contribution is -0.116. The fourth-order valence-electron chi connectivity index (χ4n) is 3.49. The van der Waals surface area contributed by atoms with Crippen molar-refractivity contribution in [2.75, 3.05) is 11.4 Å². The molecule has 1 unspecified atom stereocenters. The summed E-state index contributed by atoms with van der Waals surface area (Å²) in [6.45, 7) is 4.18. The number of nitrogens with one attached hydrogen (secondary N) is 1. The number of benzene rings is 2. The molecule has 0 bridgehead atoms. The zero-order chi connectivity index (χ0) is 19.7. The van der Waals surface area contributed by atoms with Gasteiger partial charge in [-0.25, -0.2) is 9.67 Å². The smallest absolute Gasteiger partial charge is 0.251 e. The minimum Gasteiger partial charge on any atom is -0.346 e. The van der Waals surface area contributed by atoms with Crippen LogP contribution in [0.5, 0.6) is 0 Å². The maximum absolute atomic E-state index is 12.7. The lowest BCUT2D eigenvalue weighted by Crippen LogP contribution is -2.27. The molecule has 3 aromatic rings. The summed E-state index contributed by atoms with van der Waals surface area (Å²) in [5.74, 6) is -0.101. The zero-order valence-electron chi connectivity index (χ0n) is 15.8. The maximum Gasteiger partial charge on any atom is 0.251 e. The van der Waals surface area contributed by atoms with E-state index in [1.54, 1.807) is 28.9 Å². The van der Waals surface area contributed by atoms with Gasteiger partial charge in [0.05, 0.1) is 11.7 Å². The molecule has 142 valence electrons. The van der Waals surface area contributed by atoms with Gasteiger partial charge in [0.25, 0.3) is 5.91 Å². The molecular weight excluding hydrogens is 354 g/mol. The first kappa shape index (κ1) is 17.9. The normalized spacial score (nSPS) is 13.9. The Morgan fingerprint density at radius 1 is 1.14 bits per heavy atom. The highest BCUT2D eigenvalue weighted by Crippen LogP contribution is 2.29. The molecule has 0 aliphatic carbocycles. The molecule has 7 nitrogen and oxygen atoms in total. The number of hydrogen-bond acceptors (Lipinski definition) is 4. The first-order valence-electron chi connectivity index (χ1n) is 9.20. The fourth-order valence-corrected chi connectivity index (χ4v) is 3.49. The van der Waals surface area contributed by atoms with Crippen molar-refractivity contribution in [1.82, 2.24) is 20.1 Å². The van der Waals surface area contributed by atoms with Crippen molar-refractivity contribution >= 4 is 17.5 Å². The van der Waals surface area contributed by atoms with Gasteiger partial charge in [-0.1, -0.05) is 12.1 Å². The van der Waals surface area contributed by atoms with Crippen LogP contribution in [0.15, 0.2) is 55.1 Å². The average molecular weight is 375 g/mol. The first-order valence-corrected chi connectivity index (χ1v) is 9.20. The third kappa shape index (κ3) is 3.38. The number of carbonyl (C=O) groups is 2. The van der Waals surface area contributed by atoms with Gasteiger partial charge in [-0.2, -0.15) is 5.10 Å². The predicted molar refractivity (Wildman–Crippen MR) is 105 cm³/mol. The number of anilines is 1. The van der Waals surface area contributed by atoms with E-state index in [0.29, 0.717) is 12.1 Å². The van der Waals surface area contributed by atoms with Gasteiger partial charge in [0.1, 0.15) is 12.7 Å². The van der Waals surface area contributed by atoms with Crippen LogP contribution in [0.3, 0.4) is 0 Å². The predicted octanol–water partition coefficient (Wildman–Crippen LogP) is 2.67. The van der Waals surface area contributed by atoms with Crippen molar-refractivity contribution in [2.24, 2.45) is 0 Å². The molecule has 0 saturated carbocycles. The Hall–Kier alpha value is -3.48. The van der Waals surface area contributed by atoms with Crippen LogP contribution >= 0.6 is 0 Å². The SMILES string of the molecule is CC(=O)N1CCc2cc(C(=O)NC(C)c3ccc(-n4cncn4)cc3)ccc21. The number of carbonyl (C=O) groups excluding carboxylic acids is 2. The number of nitrogens with zero attached hydrogens (tertiary/aromatic N) is 4. The van der Waals surface area contributed by atoms with Gasteiger partial charge in [0, 0.05) is 24.7 Å². The molecule has 4 rings (SSSR count). The van der Waals surface area contributed by atoms with Gasteiger partial charge in [-0.3, -0.25) is 9.59 Å². The van der Waals surface area contributed by atoms with E-state index in [4.69, 9.17) is 0 Å². The van der Waals surface area contributed by atoms with Gasteiger partial charge in [-0.05, 0) is 54.8 Å². The van der Waals surface area contributed by atoms with Crippen LogP contribution in [0.4, 0.5) is 5.69 Å². The molecule has 1 atom stereocenters. The van der Waals surface area contributed by atoms with Gasteiger partial charge >= 0.3 is 0 Å². The molecule has 2 heterocycles. The van der Waals surface area contributed by atoms with Crippen molar-refractivity contribution in [1.29, 1.82) is 0 Å². The number of rotatable bonds is 4. The second kappa shape index (κ2) is 7.26. The van der Waals surface area contributed by atoms with Crippen molar-refractivity contribution < 1.29 is 9.59 Å². The van der Waals surface area contributed by atoms with Crippen LogP contribution in [-0.4, -0.2) is 33.1 Å². The minimum atomic E-state index is -0.140. The molecule has 0 saturated heterocycles. The second-order valence-corrected chi connectivity index (χ2v) is 6.89. The molecule has 1 N–H and O–H groups in total. The van der Waals surface area contributed by atoms with E-state index in [0.717, 1.165) is 28.9 Å². The average Bonchev–Trinajstić information content (AvgIpc) is 3.37. The Balaban J connectivity index is 1.46. The van der Waals surface area contributed by atoms with Crippen LogP contribution in [0.2, 0.25) is 0 Å². The van der Waals surface area contributed by atoms with Crippen LogP contribution in [0.25, 0.3) is 5.69 Å². The largest absolute Gasteiger partial charge is 0.346 e. The molecule has 2 aromatic carbocycles. The maximum atomic E-state index is 12.7. The lowest BCUT2D eigenvalue weighted by Gasteiger charge is -2.17. The van der Waals surface area contributed by atoms with E-state index < -0.39 is 0 Å². The quantitative estimate of drug-likeness (QED) is 0.760. The van der Waals surface area contributed by atoms with E-state index in [1.165, 1.54) is 6.33 Å². The molecule has 2 amide bonds. The van der Waals surface area contributed by atoms with Crippen LogP contribution in [0, 0.1) is 0 Å². The van der Waals surface area contributed by atoms with Gasteiger partial charge in [0.2, 0.25) is 5.91 Å². The summed E-state index contributed by atoms with van der Waals surface area (Å²) in [5.41, 5.74) is 4.46. The highest BCUT2D eigenvalue weighted by atomic mass is 16.2. The molecule has 1 aromatic heterocycles. The number of amides is 2. The third-order valence-electron chi connectivity index (χ3n) is 5.04. The highest BCUT2D eigenvalue weighted by molar-refractivity contribution is 5.98. The van der Waals surface area contributed by atoms with Crippen molar-refractivity contribution in [2.45, 2.75) is 26.3 Å². The van der Waals surface area contributed by atoms with Crippen LogP contribution in [-0.2, 0) is 11.2 Å². The second-order valence-electron chi connectivity index (χ2n) is 6.89. The number of aromatic nitrogens is 3. The Morgan fingerprint density at radius 2 is 1.93 bits per heavy atom. The molecule has 1 aliphatic heterocycles. The van der Waals surface area contributed by atoms with Crippen molar-refractivity contribution in [3.8, 4) is 5.69 Å². The van der Waals surface area contributed by atoms with Crippen LogP contribution < -0.4 is 10.2 Å². The summed E-state index contributed by atoms with van der Waals surface area (Å²) in [6, 6.07) is 13.2. The molecule has 0 radical (unpaired) electrons. The standard InChI is InChI=1S/C21H21N5O2/c1-14(16-3-6-19(7-4-16)26-13-22-12-23-26)24-21(28)18-5-8-20-17(11-18)9-10-25(20)15(2)27/h3-8,11-14H,9-10H2,1-2H3,(H,24,28). The monoisotopic (exact) mass is 375 g/mol. The van der Waals surface area contributed by atoms with Crippen molar-refractivity contribution in [3.05, 3.63) is 71.8 Å². The Bertz CT molecular complexity index is 1010. The van der Waals surface area contributed by atoms with Gasteiger partial charge in [-0.15, -0.1) is 0 Å². The Kier molecular flexibility index (Phi) is 4.65.